The van der Waals surface area contributed by atoms with Crippen LogP contribution in [0.3, 0.4) is 0 Å². The average molecular weight is 475 g/mol. The fraction of sp³-hybridized carbons (Fsp3) is 0.308. The third-order valence-corrected chi connectivity index (χ3v) is 6.37. The van der Waals surface area contributed by atoms with Crippen molar-refractivity contribution >= 4 is 11.7 Å². The number of hydrogen-bond acceptors (Lipinski definition) is 5. The second-order valence-corrected chi connectivity index (χ2v) is 9.54. The van der Waals surface area contributed by atoms with E-state index < -0.39 is 17.3 Å². The van der Waals surface area contributed by atoms with E-state index in [1.807, 2.05) is 12.3 Å². The molecule has 9 heteroatoms. The SMILES string of the molecule is Cc1cc(F)c(C(=O)Nc2cccc(-c3ncc4n3[C@H](C)CC4)n2)cc1-n1cnc(C(C)(C)O)c1. The standard InChI is InChI=1S/C26H27FN6O2/c1-15-10-19(27)18(11-21(15)32-13-22(29-14-32)26(3,4)35)25(34)31-23-7-5-6-20(30-23)24-28-12-17-9-8-16(2)33(17)24/h5-7,10-14,16,35H,8-9H2,1-4H3,(H,30,31,34)/t16-/m1/s1. The monoisotopic (exact) mass is 474 g/mol. The molecule has 35 heavy (non-hydrogen) atoms. The molecule has 0 bridgehead atoms. The van der Waals surface area contributed by atoms with E-state index in [-0.39, 0.29) is 5.56 Å². The summed E-state index contributed by atoms with van der Waals surface area (Å²) < 4.78 is 18.7. The summed E-state index contributed by atoms with van der Waals surface area (Å²) in [6.07, 6.45) is 7.11. The number of pyridine rings is 1. The molecule has 1 aliphatic rings. The van der Waals surface area contributed by atoms with Crippen LogP contribution in [0.1, 0.15) is 60.5 Å². The van der Waals surface area contributed by atoms with Gasteiger partial charge in [0.1, 0.15) is 22.9 Å². The molecular weight excluding hydrogens is 447 g/mol. The Morgan fingerprint density at radius 3 is 2.80 bits per heavy atom. The highest BCUT2D eigenvalue weighted by Gasteiger charge is 2.24. The van der Waals surface area contributed by atoms with Gasteiger partial charge in [-0.15, -0.1) is 0 Å². The first-order valence-corrected chi connectivity index (χ1v) is 11.5. The Hall–Kier alpha value is -3.85. The maximum absolute atomic E-state index is 14.8. The van der Waals surface area contributed by atoms with Gasteiger partial charge in [0, 0.05) is 24.1 Å². The molecule has 1 aliphatic heterocycles. The lowest BCUT2D eigenvalue weighted by Gasteiger charge is -2.14. The molecule has 0 spiro atoms. The molecule has 0 unspecified atom stereocenters. The zero-order valence-corrected chi connectivity index (χ0v) is 20.1. The van der Waals surface area contributed by atoms with Gasteiger partial charge >= 0.3 is 0 Å². The summed E-state index contributed by atoms with van der Waals surface area (Å²) in [6.45, 7) is 7.17. The van der Waals surface area contributed by atoms with Gasteiger partial charge in [-0.3, -0.25) is 4.79 Å². The van der Waals surface area contributed by atoms with Gasteiger partial charge < -0.3 is 19.6 Å². The summed E-state index contributed by atoms with van der Waals surface area (Å²) in [6, 6.07) is 8.43. The Morgan fingerprint density at radius 2 is 2.06 bits per heavy atom. The van der Waals surface area contributed by atoms with Crippen LogP contribution in [0.25, 0.3) is 17.2 Å². The Bertz CT molecular complexity index is 1430. The molecule has 0 fully saturated rings. The number of halogens is 1. The van der Waals surface area contributed by atoms with Crippen LogP contribution in [-0.2, 0) is 12.0 Å². The summed E-state index contributed by atoms with van der Waals surface area (Å²) in [5.41, 5.74) is 2.25. The van der Waals surface area contributed by atoms with Crippen molar-refractivity contribution < 1.29 is 14.3 Å². The summed E-state index contributed by atoms with van der Waals surface area (Å²) in [7, 11) is 0. The lowest BCUT2D eigenvalue weighted by molar-refractivity contribution is 0.0742. The number of rotatable bonds is 5. The number of nitrogens with one attached hydrogen (secondary N) is 1. The summed E-state index contributed by atoms with van der Waals surface area (Å²) >= 11 is 0. The van der Waals surface area contributed by atoms with E-state index in [1.54, 1.807) is 43.7 Å². The Morgan fingerprint density at radius 1 is 1.26 bits per heavy atom. The first-order chi connectivity index (χ1) is 16.6. The van der Waals surface area contributed by atoms with E-state index in [0.717, 1.165) is 18.7 Å². The second-order valence-electron chi connectivity index (χ2n) is 9.54. The van der Waals surface area contributed by atoms with Gasteiger partial charge in [0.25, 0.3) is 5.91 Å². The molecule has 4 heterocycles. The number of nitrogens with zero attached hydrogens (tertiary/aromatic N) is 5. The first-order valence-electron chi connectivity index (χ1n) is 11.5. The van der Waals surface area contributed by atoms with Crippen LogP contribution in [0.5, 0.6) is 0 Å². The number of aliphatic hydroxyl groups is 1. The highest BCUT2D eigenvalue weighted by Crippen LogP contribution is 2.31. The number of imidazole rings is 2. The molecule has 1 aromatic carbocycles. The van der Waals surface area contributed by atoms with Crippen molar-refractivity contribution in [1.29, 1.82) is 0 Å². The Balaban J connectivity index is 1.43. The fourth-order valence-corrected chi connectivity index (χ4v) is 4.44. The minimum atomic E-state index is -1.12. The zero-order valence-electron chi connectivity index (χ0n) is 20.1. The van der Waals surface area contributed by atoms with Crippen LogP contribution >= 0.6 is 0 Å². The summed E-state index contributed by atoms with van der Waals surface area (Å²) in [4.78, 5) is 26.4. The van der Waals surface area contributed by atoms with Crippen LogP contribution in [-0.4, -0.2) is 35.1 Å². The van der Waals surface area contributed by atoms with Crippen LogP contribution in [0.2, 0.25) is 0 Å². The number of fused-ring (bicyclic) bond motifs is 1. The summed E-state index contributed by atoms with van der Waals surface area (Å²) in [5, 5.41) is 12.9. The largest absolute Gasteiger partial charge is 0.384 e. The normalized spacial score (nSPS) is 15.3. The predicted molar refractivity (Wildman–Crippen MR) is 130 cm³/mol. The van der Waals surface area contributed by atoms with Crippen molar-refractivity contribution in [1.82, 2.24) is 24.1 Å². The van der Waals surface area contributed by atoms with Gasteiger partial charge in [0.05, 0.1) is 23.3 Å². The number of carbonyl (C=O) groups is 1. The van der Waals surface area contributed by atoms with Gasteiger partial charge in [-0.2, -0.15) is 0 Å². The highest BCUT2D eigenvalue weighted by atomic mass is 19.1. The maximum Gasteiger partial charge on any atom is 0.259 e. The van der Waals surface area contributed by atoms with Gasteiger partial charge in [-0.25, -0.2) is 19.3 Å². The molecule has 3 aromatic heterocycles. The number of amides is 1. The van der Waals surface area contributed by atoms with Crippen molar-refractivity contribution in [2.24, 2.45) is 0 Å². The molecule has 0 radical (unpaired) electrons. The number of aromatic nitrogens is 5. The molecule has 1 amide bonds. The van der Waals surface area contributed by atoms with Gasteiger partial charge in [0.2, 0.25) is 0 Å². The van der Waals surface area contributed by atoms with Crippen molar-refractivity contribution in [3.8, 4) is 17.2 Å². The molecule has 0 saturated heterocycles. The smallest absolute Gasteiger partial charge is 0.259 e. The van der Waals surface area contributed by atoms with E-state index in [0.29, 0.717) is 34.5 Å². The topological polar surface area (TPSA) is 97.9 Å². The van der Waals surface area contributed by atoms with E-state index in [1.165, 1.54) is 24.2 Å². The molecule has 1 atom stereocenters. The molecule has 0 saturated carbocycles. The van der Waals surface area contributed by atoms with Crippen LogP contribution < -0.4 is 5.32 Å². The van der Waals surface area contributed by atoms with Gasteiger partial charge in [0.15, 0.2) is 5.82 Å². The predicted octanol–water partition coefficient (Wildman–Crippen LogP) is 4.57. The molecule has 180 valence electrons. The molecule has 4 aromatic rings. The first kappa shape index (κ1) is 22.9. The van der Waals surface area contributed by atoms with Crippen molar-refractivity contribution in [2.75, 3.05) is 5.32 Å². The second kappa shape index (κ2) is 8.42. The molecule has 0 aliphatic carbocycles. The number of benzene rings is 1. The zero-order chi connectivity index (χ0) is 24.9. The lowest BCUT2D eigenvalue weighted by Crippen LogP contribution is -2.16. The van der Waals surface area contributed by atoms with Crippen LogP contribution in [0, 0.1) is 12.7 Å². The van der Waals surface area contributed by atoms with E-state index in [4.69, 9.17) is 0 Å². The Kier molecular flexibility index (Phi) is 5.52. The van der Waals surface area contributed by atoms with Crippen molar-refractivity contribution in [3.63, 3.8) is 0 Å². The third kappa shape index (κ3) is 4.23. The number of anilines is 1. The van der Waals surface area contributed by atoms with E-state index in [9.17, 15) is 14.3 Å². The molecular formula is C26H27FN6O2. The third-order valence-electron chi connectivity index (χ3n) is 6.37. The quantitative estimate of drug-likeness (QED) is 0.442. The van der Waals surface area contributed by atoms with E-state index >= 15 is 0 Å². The lowest BCUT2D eigenvalue weighted by atomic mass is 10.1. The van der Waals surface area contributed by atoms with E-state index in [2.05, 4.69) is 31.8 Å². The number of hydrogen-bond donors (Lipinski definition) is 2. The molecule has 2 N–H and O–H groups in total. The van der Waals surface area contributed by atoms with Crippen LogP contribution in [0.4, 0.5) is 10.2 Å². The molecule has 8 nitrogen and oxygen atoms in total. The summed E-state index contributed by atoms with van der Waals surface area (Å²) in [5.74, 6) is -0.183. The van der Waals surface area contributed by atoms with Gasteiger partial charge in [-0.1, -0.05) is 6.07 Å². The van der Waals surface area contributed by atoms with Crippen molar-refractivity contribution in [3.05, 3.63) is 77.4 Å². The average Bonchev–Trinajstić information content (AvgIpc) is 3.52. The fourth-order valence-electron chi connectivity index (χ4n) is 4.44. The van der Waals surface area contributed by atoms with Gasteiger partial charge in [-0.05, 0) is 70.4 Å². The minimum absolute atomic E-state index is 0.119. The number of carbonyl (C=O) groups excluding carboxylic acids is 1. The van der Waals surface area contributed by atoms with Crippen molar-refractivity contribution in [2.45, 2.75) is 52.2 Å². The molecule has 5 rings (SSSR count). The minimum Gasteiger partial charge on any atom is -0.384 e. The number of aryl methyl sites for hydroxylation is 2. The maximum atomic E-state index is 14.8. The Labute approximate surface area is 202 Å². The highest BCUT2D eigenvalue weighted by molar-refractivity contribution is 6.04. The van der Waals surface area contributed by atoms with Crippen LogP contribution in [0.15, 0.2) is 49.1 Å².